The maximum atomic E-state index is 12.9. The molecule has 1 unspecified atom stereocenters. The van der Waals surface area contributed by atoms with Gasteiger partial charge >= 0.3 is 17.9 Å². The number of rotatable bonds is 61. The predicted octanol–water partition coefficient (Wildman–Crippen LogP) is 23.9. The number of hydrogen-bond acceptors (Lipinski definition) is 6. The summed E-state index contributed by atoms with van der Waals surface area (Å²) in [4.78, 5) is 38.4. The predicted molar refractivity (Wildman–Crippen MR) is 362 cm³/mol. The standard InChI is InChI=1S/C77H126O6/c1-4-7-10-13-16-19-22-25-28-30-32-34-35-36-37-38-39-40-41-43-44-46-49-52-55-58-61-64-67-70-76(79)82-73-74(72-81-75(78)69-66-63-60-57-54-51-48-27-24-21-18-15-12-9-6-3)83-77(80)71-68-65-62-59-56-53-50-47-45-42-33-31-29-26-23-20-17-14-11-8-5-2/h7,9-10,12,16,18-19,21,23,25-28,31-34,36-37,39-40,48,54,57,74H,4-6,8,11,13-15,17,20,22,24,29-30,35,38,41-47,49-53,55-56,58-73H2,1-3H3/b10-7-,12-9-,19-16-,21-18-,26-23-,28-25-,33-31-,34-32-,37-36-,40-39-,48-27-,57-54-. The van der Waals surface area contributed by atoms with Gasteiger partial charge in [-0.3, -0.25) is 14.4 Å². The van der Waals surface area contributed by atoms with E-state index in [-0.39, 0.29) is 31.1 Å². The molecule has 0 saturated carbocycles. The van der Waals surface area contributed by atoms with Crippen molar-refractivity contribution in [2.75, 3.05) is 13.2 Å². The molecule has 0 aromatic heterocycles. The van der Waals surface area contributed by atoms with Crippen molar-refractivity contribution in [2.45, 2.75) is 309 Å². The lowest BCUT2D eigenvalue weighted by molar-refractivity contribution is -0.167. The van der Waals surface area contributed by atoms with Gasteiger partial charge in [0.2, 0.25) is 0 Å². The van der Waals surface area contributed by atoms with Crippen molar-refractivity contribution in [1.29, 1.82) is 0 Å². The molecule has 0 saturated heterocycles. The third-order valence-electron chi connectivity index (χ3n) is 14.3. The molecule has 0 spiro atoms. The number of unbranched alkanes of at least 4 members (excludes halogenated alkanes) is 26. The van der Waals surface area contributed by atoms with Crippen LogP contribution in [0.3, 0.4) is 0 Å². The average molecular weight is 1150 g/mol. The van der Waals surface area contributed by atoms with E-state index in [2.05, 4.69) is 167 Å². The highest BCUT2D eigenvalue weighted by Crippen LogP contribution is 2.16. The van der Waals surface area contributed by atoms with Gasteiger partial charge in [-0.2, -0.15) is 0 Å². The average Bonchev–Trinajstić information content (AvgIpc) is 3.49. The van der Waals surface area contributed by atoms with Crippen LogP contribution in [0.4, 0.5) is 0 Å². The molecular formula is C77H126O6. The first-order valence-corrected chi connectivity index (χ1v) is 34.3. The molecule has 0 rings (SSSR count). The van der Waals surface area contributed by atoms with Crippen LogP contribution in [0.25, 0.3) is 0 Å². The van der Waals surface area contributed by atoms with Crippen molar-refractivity contribution >= 4 is 17.9 Å². The third-order valence-corrected chi connectivity index (χ3v) is 14.3. The van der Waals surface area contributed by atoms with Gasteiger partial charge in [0.05, 0.1) is 0 Å². The lowest BCUT2D eigenvalue weighted by Gasteiger charge is -2.18. The second-order valence-electron chi connectivity index (χ2n) is 22.3. The minimum Gasteiger partial charge on any atom is -0.462 e. The zero-order valence-electron chi connectivity index (χ0n) is 53.9. The summed E-state index contributed by atoms with van der Waals surface area (Å²) in [5.74, 6) is -0.946. The van der Waals surface area contributed by atoms with E-state index in [1.165, 1.54) is 135 Å². The monoisotopic (exact) mass is 1150 g/mol. The zero-order valence-corrected chi connectivity index (χ0v) is 53.9. The van der Waals surface area contributed by atoms with Gasteiger partial charge in [-0.05, 0) is 141 Å². The number of hydrogen-bond donors (Lipinski definition) is 0. The van der Waals surface area contributed by atoms with E-state index in [1.807, 2.05) is 0 Å². The van der Waals surface area contributed by atoms with Gasteiger partial charge in [0.15, 0.2) is 6.10 Å². The van der Waals surface area contributed by atoms with E-state index in [0.717, 1.165) is 128 Å². The van der Waals surface area contributed by atoms with Crippen molar-refractivity contribution in [3.8, 4) is 0 Å². The van der Waals surface area contributed by atoms with E-state index in [1.54, 1.807) is 0 Å². The molecule has 0 aliphatic heterocycles. The fraction of sp³-hybridized carbons (Fsp3) is 0.649. The van der Waals surface area contributed by atoms with Gasteiger partial charge in [0, 0.05) is 19.3 Å². The highest BCUT2D eigenvalue weighted by Gasteiger charge is 2.19. The molecule has 0 aromatic carbocycles. The van der Waals surface area contributed by atoms with Gasteiger partial charge in [-0.15, -0.1) is 0 Å². The Morgan fingerprint density at radius 3 is 0.759 bits per heavy atom. The van der Waals surface area contributed by atoms with Crippen LogP contribution < -0.4 is 0 Å². The van der Waals surface area contributed by atoms with Crippen molar-refractivity contribution in [2.24, 2.45) is 0 Å². The molecule has 0 heterocycles. The van der Waals surface area contributed by atoms with Gasteiger partial charge in [-0.1, -0.05) is 289 Å². The number of carbonyl (C=O) groups is 3. The van der Waals surface area contributed by atoms with Crippen molar-refractivity contribution < 1.29 is 28.6 Å². The Bertz CT molecular complexity index is 1800. The Hall–Kier alpha value is -4.71. The number of carbonyl (C=O) groups excluding carboxylic acids is 3. The molecule has 0 aromatic rings. The Labute approximate surface area is 512 Å². The second kappa shape index (κ2) is 69.8. The first-order chi connectivity index (χ1) is 41.0. The first-order valence-electron chi connectivity index (χ1n) is 34.3. The van der Waals surface area contributed by atoms with Gasteiger partial charge < -0.3 is 14.2 Å². The molecule has 0 aliphatic rings. The molecule has 6 nitrogen and oxygen atoms in total. The van der Waals surface area contributed by atoms with Crippen molar-refractivity contribution in [3.05, 3.63) is 146 Å². The van der Waals surface area contributed by atoms with Gasteiger partial charge in [0.25, 0.3) is 0 Å². The van der Waals surface area contributed by atoms with Crippen LogP contribution in [-0.4, -0.2) is 37.2 Å². The van der Waals surface area contributed by atoms with Crippen LogP contribution >= 0.6 is 0 Å². The second-order valence-corrected chi connectivity index (χ2v) is 22.3. The number of esters is 3. The summed E-state index contributed by atoms with van der Waals surface area (Å²) >= 11 is 0. The minimum absolute atomic E-state index is 0.0992. The van der Waals surface area contributed by atoms with E-state index >= 15 is 0 Å². The summed E-state index contributed by atoms with van der Waals surface area (Å²) in [6, 6.07) is 0. The van der Waals surface area contributed by atoms with Crippen LogP contribution in [0, 0.1) is 0 Å². The van der Waals surface area contributed by atoms with Crippen molar-refractivity contribution in [1.82, 2.24) is 0 Å². The van der Waals surface area contributed by atoms with E-state index in [4.69, 9.17) is 14.2 Å². The lowest BCUT2D eigenvalue weighted by Crippen LogP contribution is -2.30. The largest absolute Gasteiger partial charge is 0.462 e. The highest BCUT2D eigenvalue weighted by atomic mass is 16.6. The summed E-state index contributed by atoms with van der Waals surface area (Å²) in [5.41, 5.74) is 0. The molecule has 470 valence electrons. The summed E-state index contributed by atoms with van der Waals surface area (Å²) in [5, 5.41) is 0. The van der Waals surface area contributed by atoms with E-state index in [9.17, 15) is 14.4 Å². The number of ether oxygens (including phenoxy) is 3. The Morgan fingerprint density at radius 2 is 0.470 bits per heavy atom. The maximum absolute atomic E-state index is 12.9. The first kappa shape index (κ1) is 78.3. The van der Waals surface area contributed by atoms with Gasteiger partial charge in [-0.25, -0.2) is 0 Å². The van der Waals surface area contributed by atoms with Crippen LogP contribution in [0.15, 0.2) is 146 Å². The van der Waals surface area contributed by atoms with Crippen LogP contribution in [0.1, 0.15) is 303 Å². The fourth-order valence-corrected chi connectivity index (χ4v) is 9.23. The smallest absolute Gasteiger partial charge is 0.306 e. The summed E-state index contributed by atoms with van der Waals surface area (Å²) in [6.07, 6.45) is 100. The van der Waals surface area contributed by atoms with E-state index < -0.39 is 6.10 Å². The van der Waals surface area contributed by atoms with Crippen LogP contribution in [0.2, 0.25) is 0 Å². The molecule has 0 bridgehead atoms. The molecule has 0 radical (unpaired) electrons. The van der Waals surface area contributed by atoms with Crippen LogP contribution in [-0.2, 0) is 28.6 Å². The Morgan fingerprint density at radius 1 is 0.253 bits per heavy atom. The fourth-order valence-electron chi connectivity index (χ4n) is 9.23. The molecular weight excluding hydrogens is 1020 g/mol. The summed E-state index contributed by atoms with van der Waals surface area (Å²) < 4.78 is 16.9. The summed E-state index contributed by atoms with van der Waals surface area (Å²) in [7, 11) is 0. The molecule has 0 amide bonds. The molecule has 6 heteroatoms. The SMILES string of the molecule is CC/C=C\C/C=C\C/C=C\C/C=C\C/C=C\C/C=C\CCCCCCCCCCCCC(=O)OCC(COC(=O)CCCC/C=C\C/C=C\C/C=C\C/C=C\CC)OC(=O)CCCCCCCCCCC/C=C\C/C=C\CCCCCCC. The maximum Gasteiger partial charge on any atom is 0.306 e. The van der Waals surface area contributed by atoms with Crippen molar-refractivity contribution in [3.63, 3.8) is 0 Å². The number of allylic oxidation sites excluding steroid dienone is 24. The van der Waals surface area contributed by atoms with Crippen LogP contribution in [0.5, 0.6) is 0 Å². The highest BCUT2D eigenvalue weighted by molar-refractivity contribution is 5.71. The Balaban J connectivity index is 4.38. The molecule has 83 heavy (non-hydrogen) atoms. The zero-order chi connectivity index (χ0) is 59.9. The lowest BCUT2D eigenvalue weighted by atomic mass is 10.1. The summed E-state index contributed by atoms with van der Waals surface area (Å²) in [6.45, 7) is 6.37. The molecule has 0 N–H and O–H groups in total. The molecule has 0 aliphatic carbocycles. The quantitative estimate of drug-likeness (QED) is 0.0261. The van der Waals surface area contributed by atoms with E-state index in [0.29, 0.717) is 19.3 Å². The normalized spacial score (nSPS) is 13.0. The third kappa shape index (κ3) is 68.0. The Kier molecular flexibility index (Phi) is 65.8. The molecule has 0 fully saturated rings. The van der Waals surface area contributed by atoms with Gasteiger partial charge in [0.1, 0.15) is 13.2 Å². The topological polar surface area (TPSA) is 78.9 Å². The minimum atomic E-state index is -0.807. The molecule has 1 atom stereocenters.